The molecule has 0 spiro atoms. The van der Waals surface area contributed by atoms with Crippen LogP contribution in [0, 0.1) is 5.92 Å². The number of aliphatic hydroxyl groups excluding tert-OH is 1. The lowest BCUT2D eigenvalue weighted by Crippen LogP contribution is -2.24. The van der Waals surface area contributed by atoms with Crippen molar-refractivity contribution in [1.29, 1.82) is 0 Å². The van der Waals surface area contributed by atoms with Gasteiger partial charge in [-0.05, 0) is 12.5 Å². The van der Waals surface area contributed by atoms with Crippen LogP contribution in [0.15, 0.2) is 36.4 Å². The van der Waals surface area contributed by atoms with Crippen LogP contribution in [0.25, 0.3) is 6.08 Å². The number of aliphatic hydroxyl groups is 1. The molecule has 1 N–H and O–H groups in total. The smallest absolute Gasteiger partial charge is 0.311 e. The zero-order chi connectivity index (χ0) is 12.0. The molecule has 3 heteroatoms. The number of hydrogen-bond acceptors (Lipinski definition) is 3. The van der Waals surface area contributed by atoms with E-state index in [1.807, 2.05) is 30.3 Å². The molecule has 1 aromatic carbocycles. The van der Waals surface area contributed by atoms with Crippen molar-refractivity contribution in [2.45, 2.75) is 13.0 Å². The number of carbonyl (C=O) groups is 1. The Bertz CT molecular complexity index is 357. The zero-order valence-corrected chi connectivity index (χ0v) is 9.46. The lowest BCUT2D eigenvalue weighted by atomic mass is 10.0. The van der Waals surface area contributed by atoms with Gasteiger partial charge in [0.05, 0.1) is 19.1 Å². The van der Waals surface area contributed by atoms with E-state index in [0.717, 1.165) is 5.56 Å². The van der Waals surface area contributed by atoms with Crippen molar-refractivity contribution in [2.24, 2.45) is 5.92 Å². The Hall–Kier alpha value is -1.61. The van der Waals surface area contributed by atoms with Crippen LogP contribution in [0.4, 0.5) is 0 Å². The monoisotopic (exact) mass is 220 g/mol. The largest absolute Gasteiger partial charge is 0.469 e. The van der Waals surface area contributed by atoms with Crippen LogP contribution >= 0.6 is 0 Å². The standard InChI is InChI=1S/C13H16O3/c1-10(13(15)16-2)12(14)9-8-11-6-4-3-5-7-11/h3-10,12,14H,1-2H3/b9-8+/t10-,12-/m0/s1. The highest BCUT2D eigenvalue weighted by Gasteiger charge is 2.19. The predicted octanol–water partition coefficient (Wildman–Crippen LogP) is 1.87. The molecule has 2 atom stereocenters. The maximum Gasteiger partial charge on any atom is 0.311 e. The Morgan fingerprint density at radius 3 is 2.56 bits per heavy atom. The van der Waals surface area contributed by atoms with Gasteiger partial charge < -0.3 is 9.84 Å². The molecule has 0 heterocycles. The highest BCUT2D eigenvalue weighted by molar-refractivity contribution is 5.73. The number of hydrogen-bond donors (Lipinski definition) is 1. The minimum atomic E-state index is -0.826. The number of methoxy groups -OCH3 is 1. The van der Waals surface area contributed by atoms with E-state index >= 15 is 0 Å². The first-order valence-electron chi connectivity index (χ1n) is 5.14. The molecule has 0 bridgehead atoms. The molecule has 0 aliphatic rings. The van der Waals surface area contributed by atoms with Gasteiger partial charge >= 0.3 is 5.97 Å². The topological polar surface area (TPSA) is 46.5 Å². The predicted molar refractivity (Wildman–Crippen MR) is 62.7 cm³/mol. The molecule has 1 aromatic rings. The van der Waals surface area contributed by atoms with Gasteiger partial charge in [0.25, 0.3) is 0 Å². The molecule has 0 saturated heterocycles. The van der Waals surface area contributed by atoms with Crippen molar-refractivity contribution in [3.05, 3.63) is 42.0 Å². The van der Waals surface area contributed by atoms with Crippen molar-refractivity contribution in [2.75, 3.05) is 7.11 Å². The van der Waals surface area contributed by atoms with Gasteiger partial charge in [0, 0.05) is 0 Å². The molecule has 16 heavy (non-hydrogen) atoms. The first-order chi connectivity index (χ1) is 7.65. The average molecular weight is 220 g/mol. The summed E-state index contributed by atoms with van der Waals surface area (Å²) >= 11 is 0. The van der Waals surface area contributed by atoms with Gasteiger partial charge in [0.2, 0.25) is 0 Å². The summed E-state index contributed by atoms with van der Waals surface area (Å²) < 4.78 is 4.55. The molecule has 1 rings (SSSR count). The van der Waals surface area contributed by atoms with Gasteiger partial charge in [-0.15, -0.1) is 0 Å². The van der Waals surface area contributed by atoms with E-state index in [1.165, 1.54) is 7.11 Å². The molecule has 3 nitrogen and oxygen atoms in total. The van der Waals surface area contributed by atoms with Crippen LogP contribution in [0.1, 0.15) is 12.5 Å². The van der Waals surface area contributed by atoms with E-state index < -0.39 is 18.0 Å². The summed E-state index contributed by atoms with van der Waals surface area (Å²) in [5, 5.41) is 9.69. The normalized spacial score (nSPS) is 14.7. The Balaban J connectivity index is 2.61. The lowest BCUT2D eigenvalue weighted by Gasteiger charge is -2.12. The molecule has 0 fully saturated rings. The quantitative estimate of drug-likeness (QED) is 0.788. The summed E-state index contributed by atoms with van der Waals surface area (Å²) in [5.41, 5.74) is 0.985. The Morgan fingerprint density at radius 1 is 1.38 bits per heavy atom. The van der Waals surface area contributed by atoms with Gasteiger partial charge in [-0.25, -0.2) is 0 Å². The number of benzene rings is 1. The summed E-state index contributed by atoms with van der Waals surface area (Å²) in [5.74, 6) is -0.963. The third-order valence-corrected chi connectivity index (χ3v) is 2.37. The van der Waals surface area contributed by atoms with Crippen LogP contribution in [-0.4, -0.2) is 24.3 Å². The summed E-state index contributed by atoms with van der Waals surface area (Å²) in [6.45, 7) is 1.63. The van der Waals surface area contributed by atoms with Gasteiger partial charge in [0.15, 0.2) is 0 Å². The highest BCUT2D eigenvalue weighted by Crippen LogP contribution is 2.09. The maximum absolute atomic E-state index is 11.1. The zero-order valence-electron chi connectivity index (χ0n) is 9.46. The van der Waals surface area contributed by atoms with Crippen molar-refractivity contribution in [3.8, 4) is 0 Å². The van der Waals surface area contributed by atoms with E-state index in [2.05, 4.69) is 4.74 Å². The summed E-state index contributed by atoms with van der Waals surface area (Å²) in [4.78, 5) is 11.1. The molecule has 0 saturated carbocycles. The van der Waals surface area contributed by atoms with Gasteiger partial charge in [0.1, 0.15) is 0 Å². The minimum Gasteiger partial charge on any atom is -0.469 e. The molecule has 86 valence electrons. The number of ether oxygens (including phenoxy) is 1. The Kier molecular flexibility index (Phi) is 4.73. The first kappa shape index (κ1) is 12.5. The van der Waals surface area contributed by atoms with Crippen LogP contribution in [-0.2, 0) is 9.53 Å². The van der Waals surface area contributed by atoms with Crippen molar-refractivity contribution in [3.63, 3.8) is 0 Å². The second-order valence-electron chi connectivity index (χ2n) is 3.57. The fourth-order valence-electron chi connectivity index (χ4n) is 1.27. The van der Waals surface area contributed by atoms with Gasteiger partial charge in [-0.3, -0.25) is 4.79 Å². The SMILES string of the molecule is COC(=O)[C@@H](C)[C@@H](O)/C=C/c1ccccc1. The van der Waals surface area contributed by atoms with Crippen LogP contribution in [0.2, 0.25) is 0 Å². The minimum absolute atomic E-state index is 0.412. The van der Waals surface area contributed by atoms with Gasteiger partial charge in [-0.1, -0.05) is 42.5 Å². The summed E-state index contributed by atoms with van der Waals surface area (Å²) in [6, 6.07) is 9.59. The summed E-state index contributed by atoms with van der Waals surface area (Å²) in [7, 11) is 1.31. The molecule has 0 aliphatic carbocycles. The average Bonchev–Trinajstić information content (AvgIpc) is 2.35. The molecular formula is C13H16O3. The van der Waals surface area contributed by atoms with E-state index in [4.69, 9.17) is 0 Å². The third-order valence-electron chi connectivity index (χ3n) is 2.37. The molecular weight excluding hydrogens is 204 g/mol. The van der Waals surface area contributed by atoms with Crippen LogP contribution in [0.3, 0.4) is 0 Å². The van der Waals surface area contributed by atoms with Crippen LogP contribution in [0.5, 0.6) is 0 Å². The molecule has 0 amide bonds. The molecule has 0 radical (unpaired) electrons. The Labute approximate surface area is 95.4 Å². The number of esters is 1. The van der Waals surface area contributed by atoms with Crippen molar-refractivity contribution in [1.82, 2.24) is 0 Å². The van der Waals surface area contributed by atoms with E-state index in [0.29, 0.717) is 0 Å². The molecule has 0 unspecified atom stereocenters. The Morgan fingerprint density at radius 2 is 2.00 bits per heavy atom. The molecule has 0 aromatic heterocycles. The van der Waals surface area contributed by atoms with E-state index in [1.54, 1.807) is 19.1 Å². The third kappa shape index (κ3) is 3.51. The second kappa shape index (κ2) is 6.08. The summed E-state index contributed by atoms with van der Waals surface area (Å²) in [6.07, 6.45) is 2.55. The van der Waals surface area contributed by atoms with Gasteiger partial charge in [-0.2, -0.15) is 0 Å². The van der Waals surface area contributed by atoms with Crippen molar-refractivity contribution < 1.29 is 14.6 Å². The molecule has 0 aliphatic heterocycles. The van der Waals surface area contributed by atoms with Crippen molar-refractivity contribution >= 4 is 12.0 Å². The maximum atomic E-state index is 11.1. The number of carbonyl (C=O) groups excluding carboxylic acids is 1. The number of rotatable bonds is 4. The highest BCUT2D eigenvalue weighted by atomic mass is 16.5. The lowest BCUT2D eigenvalue weighted by molar-refractivity contribution is -0.147. The fraction of sp³-hybridized carbons (Fsp3) is 0.308. The fourth-order valence-corrected chi connectivity index (χ4v) is 1.27. The van der Waals surface area contributed by atoms with E-state index in [-0.39, 0.29) is 0 Å². The van der Waals surface area contributed by atoms with Crippen LogP contribution < -0.4 is 0 Å². The second-order valence-corrected chi connectivity index (χ2v) is 3.57. The van der Waals surface area contributed by atoms with E-state index in [9.17, 15) is 9.90 Å². The first-order valence-corrected chi connectivity index (χ1v) is 5.14.